The highest BCUT2D eigenvalue weighted by Gasteiger charge is 2.31. The van der Waals surface area contributed by atoms with Gasteiger partial charge >= 0.3 is 0 Å². The highest BCUT2D eigenvalue weighted by molar-refractivity contribution is 6.05. The molecule has 0 aromatic heterocycles. The minimum absolute atomic E-state index is 0.405. The molecule has 6 aromatic carbocycles. The summed E-state index contributed by atoms with van der Waals surface area (Å²) in [7, 11) is 0. The molecule has 0 heterocycles. The molecule has 0 bridgehead atoms. The van der Waals surface area contributed by atoms with Crippen LogP contribution in [0.2, 0.25) is 0 Å². The summed E-state index contributed by atoms with van der Waals surface area (Å²) in [6, 6.07) is 34.3. The second-order valence-electron chi connectivity index (χ2n) is 9.53. The van der Waals surface area contributed by atoms with E-state index in [1.807, 2.05) is 12.1 Å². The van der Waals surface area contributed by atoms with Gasteiger partial charge in [0.1, 0.15) is 0 Å². The normalized spacial score (nSPS) is 12.2. The molecule has 0 saturated heterocycles. The van der Waals surface area contributed by atoms with Gasteiger partial charge in [0.15, 0.2) is 0 Å². The molecule has 0 aliphatic heterocycles. The molecule has 0 radical (unpaired) electrons. The molecule has 33 heavy (non-hydrogen) atoms. The van der Waals surface area contributed by atoms with E-state index in [9.17, 15) is 0 Å². The summed E-state index contributed by atoms with van der Waals surface area (Å²) >= 11 is 0. The lowest BCUT2D eigenvalue weighted by atomic mass is 9.72. The summed E-state index contributed by atoms with van der Waals surface area (Å²) in [6.45, 7) is 4.49. The van der Waals surface area contributed by atoms with Crippen LogP contribution >= 0.6 is 0 Å². The average Bonchev–Trinajstić information content (AvgIpc) is 2.81. The highest BCUT2D eigenvalue weighted by Crippen LogP contribution is 2.45. The van der Waals surface area contributed by atoms with Crippen LogP contribution in [0.25, 0.3) is 43.1 Å². The Hall–Kier alpha value is -4.04. The van der Waals surface area contributed by atoms with Gasteiger partial charge in [-0.2, -0.15) is 0 Å². The van der Waals surface area contributed by atoms with E-state index in [-0.39, 0.29) is 0 Å². The van der Waals surface area contributed by atoms with Crippen molar-refractivity contribution < 1.29 is 0 Å². The van der Waals surface area contributed by atoms with Gasteiger partial charge in [-0.05, 0) is 90.6 Å². The zero-order chi connectivity index (χ0) is 22.7. The molecule has 0 aliphatic carbocycles. The van der Waals surface area contributed by atoms with Crippen LogP contribution in [0.4, 0.5) is 11.4 Å². The Bertz CT molecular complexity index is 1580. The van der Waals surface area contributed by atoms with Crippen LogP contribution in [-0.4, -0.2) is 0 Å². The fourth-order valence-corrected chi connectivity index (χ4v) is 5.58. The van der Waals surface area contributed by atoms with Crippen LogP contribution in [0, 0.1) is 0 Å². The molecule has 0 saturated carbocycles. The van der Waals surface area contributed by atoms with Crippen LogP contribution < -0.4 is 11.5 Å². The first kappa shape index (κ1) is 19.6. The van der Waals surface area contributed by atoms with Crippen LogP contribution in [0.1, 0.15) is 25.0 Å². The van der Waals surface area contributed by atoms with Gasteiger partial charge in [0, 0.05) is 16.8 Å². The second kappa shape index (κ2) is 6.98. The van der Waals surface area contributed by atoms with Crippen molar-refractivity contribution in [2.45, 2.75) is 19.3 Å². The molecule has 0 amide bonds. The Morgan fingerprint density at radius 2 is 0.818 bits per heavy atom. The van der Waals surface area contributed by atoms with E-state index in [4.69, 9.17) is 11.5 Å². The molecule has 0 spiro atoms. The Labute approximate surface area is 193 Å². The molecule has 6 aromatic rings. The summed E-state index contributed by atoms with van der Waals surface area (Å²) in [4.78, 5) is 0. The maximum atomic E-state index is 6.70. The summed E-state index contributed by atoms with van der Waals surface area (Å²) in [5, 5.41) is 9.62. The van der Waals surface area contributed by atoms with Crippen molar-refractivity contribution in [1.82, 2.24) is 0 Å². The average molecular weight is 427 g/mol. The Morgan fingerprint density at radius 1 is 0.455 bits per heavy atom. The molecule has 0 aliphatic rings. The predicted molar refractivity (Wildman–Crippen MR) is 144 cm³/mol. The van der Waals surface area contributed by atoms with Crippen LogP contribution in [0.3, 0.4) is 0 Å². The van der Waals surface area contributed by atoms with Gasteiger partial charge < -0.3 is 11.5 Å². The molecule has 6 rings (SSSR count). The van der Waals surface area contributed by atoms with E-state index in [0.717, 1.165) is 22.5 Å². The predicted octanol–water partition coefficient (Wildman–Crippen LogP) is 7.79. The third-order valence-corrected chi connectivity index (χ3v) is 7.09. The van der Waals surface area contributed by atoms with Crippen molar-refractivity contribution in [3.05, 3.63) is 108 Å². The molecule has 0 unspecified atom stereocenters. The Kier molecular flexibility index (Phi) is 4.15. The number of anilines is 2. The lowest BCUT2D eigenvalue weighted by Gasteiger charge is -2.32. The SMILES string of the molecule is CC(C)(c1c(N)ccc2cc3ccccc3cc12)c1c(N)ccc2cc3ccccc3cc12. The van der Waals surface area contributed by atoms with Gasteiger partial charge in [0.05, 0.1) is 0 Å². The number of rotatable bonds is 2. The number of nitrogens with two attached hydrogens (primary N) is 2. The molecular formula is C31H26N2. The maximum Gasteiger partial charge on any atom is 0.0362 e. The molecular weight excluding hydrogens is 400 g/mol. The monoisotopic (exact) mass is 426 g/mol. The fraction of sp³-hybridized carbons (Fsp3) is 0.0968. The summed E-state index contributed by atoms with van der Waals surface area (Å²) in [6.07, 6.45) is 0. The Balaban J connectivity index is 1.71. The second-order valence-corrected chi connectivity index (χ2v) is 9.53. The zero-order valence-corrected chi connectivity index (χ0v) is 18.9. The number of fused-ring (bicyclic) bond motifs is 4. The van der Waals surface area contributed by atoms with Crippen molar-refractivity contribution >= 4 is 54.5 Å². The first-order valence-corrected chi connectivity index (χ1v) is 11.4. The van der Waals surface area contributed by atoms with Crippen LogP contribution in [0.5, 0.6) is 0 Å². The van der Waals surface area contributed by atoms with Crippen LogP contribution in [0.15, 0.2) is 97.1 Å². The van der Waals surface area contributed by atoms with E-state index in [1.54, 1.807) is 0 Å². The van der Waals surface area contributed by atoms with Gasteiger partial charge in [-0.15, -0.1) is 0 Å². The third-order valence-electron chi connectivity index (χ3n) is 7.09. The smallest absolute Gasteiger partial charge is 0.0362 e. The fourth-order valence-electron chi connectivity index (χ4n) is 5.58. The molecule has 2 nitrogen and oxygen atoms in total. The van der Waals surface area contributed by atoms with Gasteiger partial charge in [0.25, 0.3) is 0 Å². The van der Waals surface area contributed by atoms with Crippen molar-refractivity contribution in [2.75, 3.05) is 11.5 Å². The summed E-state index contributed by atoms with van der Waals surface area (Å²) < 4.78 is 0. The first-order chi connectivity index (χ1) is 15.9. The van der Waals surface area contributed by atoms with E-state index in [2.05, 4.69) is 98.8 Å². The maximum absolute atomic E-state index is 6.70. The minimum atomic E-state index is -0.405. The lowest BCUT2D eigenvalue weighted by Crippen LogP contribution is -2.23. The quantitative estimate of drug-likeness (QED) is 0.219. The summed E-state index contributed by atoms with van der Waals surface area (Å²) in [5.41, 5.74) is 16.8. The van der Waals surface area contributed by atoms with Gasteiger partial charge in [-0.1, -0.05) is 74.5 Å². The molecule has 0 atom stereocenters. The molecule has 2 heteroatoms. The highest BCUT2D eigenvalue weighted by atomic mass is 14.6. The lowest BCUT2D eigenvalue weighted by molar-refractivity contribution is 0.658. The van der Waals surface area contributed by atoms with E-state index in [1.165, 1.54) is 43.1 Å². The van der Waals surface area contributed by atoms with Crippen molar-refractivity contribution in [3.63, 3.8) is 0 Å². The van der Waals surface area contributed by atoms with Crippen molar-refractivity contribution in [1.29, 1.82) is 0 Å². The van der Waals surface area contributed by atoms with Crippen molar-refractivity contribution in [3.8, 4) is 0 Å². The minimum Gasteiger partial charge on any atom is -0.398 e. The topological polar surface area (TPSA) is 52.0 Å². The third kappa shape index (κ3) is 2.95. The van der Waals surface area contributed by atoms with E-state index in [0.29, 0.717) is 0 Å². The van der Waals surface area contributed by atoms with Gasteiger partial charge in [0.2, 0.25) is 0 Å². The van der Waals surface area contributed by atoms with Crippen molar-refractivity contribution in [2.24, 2.45) is 0 Å². The van der Waals surface area contributed by atoms with Crippen LogP contribution in [-0.2, 0) is 5.41 Å². The number of benzene rings is 6. The molecule has 0 fully saturated rings. The Morgan fingerprint density at radius 3 is 1.21 bits per heavy atom. The van der Waals surface area contributed by atoms with E-state index >= 15 is 0 Å². The molecule has 160 valence electrons. The van der Waals surface area contributed by atoms with Gasteiger partial charge in [-0.3, -0.25) is 0 Å². The first-order valence-electron chi connectivity index (χ1n) is 11.4. The zero-order valence-electron chi connectivity index (χ0n) is 18.9. The molecule has 4 N–H and O–H groups in total. The number of hydrogen-bond donors (Lipinski definition) is 2. The summed E-state index contributed by atoms with van der Waals surface area (Å²) in [5.74, 6) is 0. The largest absolute Gasteiger partial charge is 0.398 e. The van der Waals surface area contributed by atoms with E-state index < -0.39 is 5.41 Å². The number of hydrogen-bond acceptors (Lipinski definition) is 2. The van der Waals surface area contributed by atoms with Gasteiger partial charge in [-0.25, -0.2) is 0 Å². The standard InChI is InChI=1S/C31H26N2/c1-31(2,29-25-17-21-9-5-3-7-19(21)15-23(25)11-13-27(29)32)30-26-18-22-10-6-4-8-20(22)16-24(26)12-14-28(30)33/h3-18H,32-33H2,1-2H3. The number of nitrogen functional groups attached to an aromatic ring is 2.